The second kappa shape index (κ2) is 21.6. The number of nitrogens with two attached hydrogens (primary N) is 1. The quantitative estimate of drug-likeness (QED) is 0.0920. The lowest BCUT2D eigenvalue weighted by atomic mass is 9.89. The van der Waals surface area contributed by atoms with E-state index in [2.05, 4.69) is 50.5 Å². The molecule has 0 bridgehead atoms. The summed E-state index contributed by atoms with van der Waals surface area (Å²) in [7, 11) is 0. The summed E-state index contributed by atoms with van der Waals surface area (Å²) >= 11 is 0. The lowest BCUT2D eigenvalue weighted by Crippen LogP contribution is -2.38. The number of halogens is 1. The molecule has 0 spiro atoms. The van der Waals surface area contributed by atoms with E-state index in [1.54, 1.807) is 6.21 Å². The summed E-state index contributed by atoms with van der Waals surface area (Å²) in [6, 6.07) is -0.497. The molecule has 1 aliphatic heterocycles. The minimum absolute atomic E-state index is 0. The fourth-order valence-electron chi connectivity index (χ4n) is 3.76. The van der Waals surface area contributed by atoms with E-state index in [0.717, 1.165) is 6.42 Å². The van der Waals surface area contributed by atoms with Crippen LogP contribution < -0.4 is 22.2 Å². The highest BCUT2D eigenvalue weighted by Crippen LogP contribution is 2.22. The first-order valence-corrected chi connectivity index (χ1v) is 14.8. The van der Waals surface area contributed by atoms with Gasteiger partial charge in [0.2, 0.25) is 0 Å². The molecule has 1 amide bonds. The van der Waals surface area contributed by atoms with E-state index in [1.807, 2.05) is 20.8 Å². The summed E-state index contributed by atoms with van der Waals surface area (Å²) in [5.74, 6) is -0.660. The lowest BCUT2D eigenvalue weighted by Gasteiger charge is -2.24. The second-order valence-corrected chi connectivity index (χ2v) is 12.4. The van der Waals surface area contributed by atoms with Gasteiger partial charge in [-0.3, -0.25) is 42.6 Å². The third-order valence-corrected chi connectivity index (χ3v) is 6.08. The van der Waals surface area contributed by atoms with Crippen LogP contribution in [0.25, 0.3) is 11.0 Å². The Morgan fingerprint density at radius 3 is 1.94 bits per heavy atom. The molecule has 0 radical (unpaired) electrons. The number of nitrogens with zero attached hydrogens (tertiary/aromatic N) is 5. The summed E-state index contributed by atoms with van der Waals surface area (Å²) in [6.07, 6.45) is 10.1. The Morgan fingerprint density at radius 1 is 0.980 bits per heavy atom. The van der Waals surface area contributed by atoms with Gasteiger partial charge in [0.15, 0.2) is 6.23 Å². The third-order valence-electron chi connectivity index (χ3n) is 6.08. The van der Waals surface area contributed by atoms with Crippen molar-refractivity contribution in [2.75, 3.05) is 6.61 Å². The van der Waals surface area contributed by atoms with Gasteiger partial charge in [-0.05, 0) is 39.0 Å². The fraction of sp³-hybridized carbons (Fsp3) is 0.484. The zero-order valence-corrected chi connectivity index (χ0v) is 29.3. The molecule has 274 valence electrons. The molecule has 3 aromatic heterocycles. The number of fused-ring (bicyclic) bond motifs is 2. The van der Waals surface area contributed by atoms with Gasteiger partial charge in [-0.25, -0.2) is 9.97 Å². The van der Waals surface area contributed by atoms with Crippen molar-refractivity contribution in [1.29, 1.82) is 0 Å². The summed E-state index contributed by atoms with van der Waals surface area (Å²) < 4.78 is 16.7. The Labute approximate surface area is 292 Å². The number of imidazole rings is 2. The highest BCUT2D eigenvalue weighted by Gasteiger charge is 2.23. The van der Waals surface area contributed by atoms with Crippen LogP contribution in [0.4, 0.5) is 0 Å². The first kappa shape index (κ1) is 44.7. The van der Waals surface area contributed by atoms with E-state index in [-0.39, 0.29) is 84.0 Å². The first-order valence-electron chi connectivity index (χ1n) is 14.8. The summed E-state index contributed by atoms with van der Waals surface area (Å²) in [5.41, 5.74) is 5.97. The topological polar surface area (TPSA) is 249 Å². The number of carbonyl (C=O) groups is 4. The lowest BCUT2D eigenvalue weighted by molar-refractivity contribution is -0.191. The van der Waals surface area contributed by atoms with Crippen molar-refractivity contribution < 1.29 is 43.0 Å². The van der Waals surface area contributed by atoms with Crippen molar-refractivity contribution >= 4 is 60.6 Å². The van der Waals surface area contributed by atoms with Crippen LogP contribution in [0.2, 0.25) is 0 Å². The minimum atomic E-state index is -0.818. The number of nitrogens with one attached hydrogen (secondary N) is 1. The predicted molar refractivity (Wildman–Crippen MR) is 179 cm³/mol. The average molecular weight is 724 g/mol. The molecule has 0 saturated heterocycles. The number of amides is 1. The summed E-state index contributed by atoms with van der Waals surface area (Å²) in [6.45, 7) is 12.5. The van der Waals surface area contributed by atoms with Gasteiger partial charge in [0.1, 0.15) is 35.3 Å². The molecule has 50 heavy (non-hydrogen) atoms. The standard InChI is InChI=1S/C12H25NO2.C10H12N2O5.C8H4N4O2.CO2.ClH/c1-11(2,3)8-7-9(13)10(14)15-12(4,5)6;13-6-16-4-2-9(17-7-14)12-10(15)8-1-3-11-5-8;13-7-5-1-9-3-11(5)8(14)6-2-10-4-12(6)7;2-1-3;/h9H,7-8,13H2,1-6H3;3,5-7,9H,1-2,4H2,(H,12,15);1-4H;;1H/t2*9-;;;/m01.../s1. The normalized spacial score (nSPS) is 12.8. The molecule has 0 fully saturated rings. The Morgan fingerprint density at radius 2 is 1.52 bits per heavy atom. The molecule has 19 heteroatoms. The monoisotopic (exact) mass is 723 g/mol. The molecule has 2 atom stereocenters. The number of esters is 1. The maximum atomic E-state index is 11.7. The minimum Gasteiger partial charge on any atom is -0.468 e. The van der Waals surface area contributed by atoms with E-state index >= 15 is 0 Å². The second-order valence-electron chi connectivity index (χ2n) is 12.4. The van der Waals surface area contributed by atoms with Gasteiger partial charge >= 0.3 is 12.1 Å². The Kier molecular flexibility index (Phi) is 19.3. The molecule has 0 aliphatic carbocycles. The molecule has 3 aromatic rings. The van der Waals surface area contributed by atoms with Crippen molar-refractivity contribution in [3.05, 3.63) is 57.5 Å². The molecule has 18 nitrogen and oxygen atoms in total. The number of carbonyl (C=O) groups excluding carboxylic acids is 6. The van der Waals surface area contributed by atoms with E-state index in [4.69, 9.17) is 20.1 Å². The van der Waals surface area contributed by atoms with E-state index in [0.29, 0.717) is 18.4 Å². The highest BCUT2D eigenvalue weighted by atomic mass is 35.5. The van der Waals surface area contributed by atoms with Crippen LogP contribution in [0.3, 0.4) is 0 Å². The molecule has 1 aliphatic rings. The number of aliphatic imine (C=N–C) groups is 1. The van der Waals surface area contributed by atoms with Crippen LogP contribution in [0, 0.1) is 5.41 Å². The Bertz CT molecular complexity index is 1640. The average Bonchev–Trinajstić information content (AvgIpc) is 3.81. The van der Waals surface area contributed by atoms with Crippen molar-refractivity contribution in [3.63, 3.8) is 0 Å². The molecular weight excluding hydrogens is 682 g/mol. The zero-order valence-electron chi connectivity index (χ0n) is 28.5. The van der Waals surface area contributed by atoms with Crippen LogP contribution in [-0.4, -0.2) is 80.4 Å². The van der Waals surface area contributed by atoms with Gasteiger partial charge in [-0.2, -0.15) is 9.59 Å². The molecule has 3 N–H and O–H groups in total. The maximum Gasteiger partial charge on any atom is 0.373 e. The van der Waals surface area contributed by atoms with Crippen molar-refractivity contribution in [2.24, 2.45) is 16.1 Å². The number of hydrogen-bond acceptors (Lipinski definition) is 15. The molecule has 0 unspecified atom stereocenters. The summed E-state index contributed by atoms with van der Waals surface area (Å²) in [5, 5.41) is 2.48. The zero-order chi connectivity index (χ0) is 37.2. The van der Waals surface area contributed by atoms with Crippen molar-refractivity contribution in [2.45, 2.75) is 85.1 Å². The van der Waals surface area contributed by atoms with Gasteiger partial charge in [0, 0.05) is 30.8 Å². The van der Waals surface area contributed by atoms with Crippen LogP contribution in [0.15, 0.2) is 51.4 Å². The number of aromatic nitrogens is 4. The smallest absolute Gasteiger partial charge is 0.373 e. The van der Waals surface area contributed by atoms with E-state index < -0.39 is 17.9 Å². The Hall–Kier alpha value is -5.32. The molecule has 4 rings (SSSR count). The van der Waals surface area contributed by atoms with E-state index in [9.17, 15) is 28.8 Å². The fourth-order valence-corrected chi connectivity index (χ4v) is 3.76. The number of ether oxygens (including phenoxy) is 3. The summed E-state index contributed by atoms with van der Waals surface area (Å²) in [4.78, 5) is 94.2. The van der Waals surface area contributed by atoms with E-state index in [1.165, 1.54) is 40.0 Å². The number of hydrogen-bond donors (Lipinski definition) is 2. The maximum absolute atomic E-state index is 11.7. The highest BCUT2D eigenvalue weighted by molar-refractivity contribution is 5.98. The molecular formula is C31H42ClN7O11. The van der Waals surface area contributed by atoms with Crippen LogP contribution in [-0.2, 0) is 43.0 Å². The van der Waals surface area contributed by atoms with Gasteiger partial charge in [-0.1, -0.05) is 20.8 Å². The van der Waals surface area contributed by atoms with Crippen molar-refractivity contribution in [3.8, 4) is 0 Å². The van der Waals surface area contributed by atoms with Crippen molar-refractivity contribution in [1.82, 2.24) is 24.1 Å². The van der Waals surface area contributed by atoms with Crippen LogP contribution in [0.5, 0.6) is 0 Å². The van der Waals surface area contributed by atoms with Gasteiger partial charge in [0.25, 0.3) is 30.0 Å². The third kappa shape index (κ3) is 15.7. The first-order chi connectivity index (χ1) is 23.0. The predicted octanol–water partition coefficient (Wildman–Crippen LogP) is 0.983. The van der Waals surface area contributed by atoms with Gasteiger partial charge < -0.3 is 25.3 Å². The molecule has 0 saturated carbocycles. The SMILES string of the molecule is CC(C)(C)CC[C@H](N)C(=O)OC(C)(C)C.Cl.O=C=O.O=COCC[C@H](NC(=O)C1=CN=CC1)OC=O.O=c1c2cncn2c(=O)c2cncn12. The Balaban J connectivity index is 0.000000687. The number of rotatable bonds is 11. The van der Waals surface area contributed by atoms with Gasteiger partial charge in [-0.15, -0.1) is 12.4 Å². The van der Waals surface area contributed by atoms with Gasteiger partial charge in [0.05, 0.1) is 19.0 Å². The van der Waals surface area contributed by atoms with Crippen LogP contribution >= 0.6 is 12.4 Å². The largest absolute Gasteiger partial charge is 0.468 e. The van der Waals surface area contributed by atoms with Crippen LogP contribution in [0.1, 0.15) is 67.2 Å². The molecule has 0 aromatic carbocycles. The molecule has 4 heterocycles.